The molecule has 1 aromatic carbocycles. The molecular weight excluding hydrogens is 261 g/mol. The normalized spacial score (nSPS) is 22.4. The number of rotatable bonds is 3. The van der Waals surface area contributed by atoms with Gasteiger partial charge < -0.3 is 10.4 Å². The number of aromatic hydroxyl groups is 1. The maximum atomic E-state index is 13.5. The predicted octanol–water partition coefficient (Wildman–Crippen LogP) is 0.991. The minimum atomic E-state index is -0.552. The van der Waals surface area contributed by atoms with Crippen molar-refractivity contribution in [2.75, 3.05) is 13.6 Å². The van der Waals surface area contributed by atoms with Crippen LogP contribution in [0.25, 0.3) is 0 Å². The summed E-state index contributed by atoms with van der Waals surface area (Å²) in [5, 5.41) is 21.1. The van der Waals surface area contributed by atoms with Crippen LogP contribution in [0.15, 0.2) is 18.2 Å². The van der Waals surface area contributed by atoms with Gasteiger partial charge in [0.1, 0.15) is 11.6 Å². The van der Waals surface area contributed by atoms with Crippen LogP contribution in [0.2, 0.25) is 0 Å². The van der Waals surface area contributed by atoms with Gasteiger partial charge in [-0.25, -0.2) is 4.39 Å². The van der Waals surface area contributed by atoms with Gasteiger partial charge in [-0.3, -0.25) is 9.69 Å². The quantitative estimate of drug-likeness (QED) is 0.864. The summed E-state index contributed by atoms with van der Waals surface area (Å²) < 4.78 is 13.5. The van der Waals surface area contributed by atoms with Gasteiger partial charge in [0.2, 0.25) is 5.91 Å². The number of nitrogens with zero attached hydrogens (tertiary/aromatic N) is 2. The van der Waals surface area contributed by atoms with E-state index in [-0.39, 0.29) is 35.7 Å². The Kier molecular flexibility index (Phi) is 4.20. The van der Waals surface area contributed by atoms with E-state index in [4.69, 9.17) is 5.26 Å². The lowest BCUT2D eigenvalue weighted by atomic mass is 10.1. The summed E-state index contributed by atoms with van der Waals surface area (Å²) in [6.07, 6.45) is 0.474. The number of hydrogen-bond donors (Lipinski definition) is 2. The van der Waals surface area contributed by atoms with Crippen LogP contribution < -0.4 is 5.32 Å². The minimum Gasteiger partial charge on any atom is -0.507 e. The van der Waals surface area contributed by atoms with E-state index in [2.05, 4.69) is 11.4 Å². The number of hydrogen-bond acceptors (Lipinski definition) is 4. The van der Waals surface area contributed by atoms with Crippen molar-refractivity contribution in [1.82, 2.24) is 10.2 Å². The number of amides is 1. The van der Waals surface area contributed by atoms with Gasteiger partial charge in [0.05, 0.1) is 18.0 Å². The fourth-order valence-electron chi connectivity index (χ4n) is 2.38. The van der Waals surface area contributed by atoms with Gasteiger partial charge in [0, 0.05) is 18.7 Å². The van der Waals surface area contributed by atoms with Gasteiger partial charge in [-0.1, -0.05) is 6.07 Å². The molecule has 1 aromatic rings. The summed E-state index contributed by atoms with van der Waals surface area (Å²) in [5.74, 6) is -1.23. The standard InChI is InChI=1S/C14H16FN3O2/c1-18-8-9(5-10(18)6-16)14(20)17-7-11-12(15)3-2-4-13(11)19/h2-4,9-10,19H,5,7-8H2,1H3,(H,17,20). The van der Waals surface area contributed by atoms with Crippen LogP contribution in [0.1, 0.15) is 12.0 Å². The van der Waals surface area contributed by atoms with Crippen molar-refractivity contribution < 1.29 is 14.3 Å². The molecule has 2 atom stereocenters. The summed E-state index contributed by atoms with van der Waals surface area (Å²) in [4.78, 5) is 13.8. The van der Waals surface area contributed by atoms with Gasteiger partial charge >= 0.3 is 0 Å². The summed E-state index contributed by atoms with van der Waals surface area (Å²) in [6.45, 7) is 0.447. The van der Waals surface area contributed by atoms with Gasteiger partial charge in [0.25, 0.3) is 0 Å². The summed E-state index contributed by atoms with van der Waals surface area (Å²) in [5.41, 5.74) is 0.0732. The Morgan fingerprint density at radius 2 is 2.40 bits per heavy atom. The van der Waals surface area contributed by atoms with Crippen molar-refractivity contribution in [3.63, 3.8) is 0 Å². The van der Waals surface area contributed by atoms with Crippen LogP contribution in [-0.4, -0.2) is 35.5 Å². The zero-order valence-electron chi connectivity index (χ0n) is 11.1. The number of carbonyl (C=O) groups excluding carboxylic acids is 1. The number of likely N-dealkylation sites (tertiary alicyclic amines) is 1. The molecule has 1 saturated heterocycles. The number of benzene rings is 1. The molecule has 0 spiro atoms. The number of carbonyl (C=O) groups is 1. The zero-order chi connectivity index (χ0) is 14.7. The first kappa shape index (κ1) is 14.3. The highest BCUT2D eigenvalue weighted by Gasteiger charge is 2.33. The molecule has 2 N–H and O–H groups in total. The highest BCUT2D eigenvalue weighted by Crippen LogP contribution is 2.22. The fourth-order valence-corrected chi connectivity index (χ4v) is 2.38. The van der Waals surface area contributed by atoms with Crippen LogP contribution in [0.5, 0.6) is 5.75 Å². The molecule has 6 heteroatoms. The molecule has 5 nitrogen and oxygen atoms in total. The molecule has 1 fully saturated rings. The smallest absolute Gasteiger partial charge is 0.224 e. The van der Waals surface area contributed by atoms with Gasteiger partial charge in [0.15, 0.2) is 0 Å². The average Bonchev–Trinajstić information content (AvgIpc) is 2.79. The van der Waals surface area contributed by atoms with E-state index < -0.39 is 5.82 Å². The Hall–Kier alpha value is -2.13. The molecule has 1 aliphatic rings. The Morgan fingerprint density at radius 1 is 1.65 bits per heavy atom. The van der Waals surface area contributed by atoms with Crippen LogP contribution in [0.3, 0.4) is 0 Å². The third kappa shape index (κ3) is 2.89. The second kappa shape index (κ2) is 5.88. The molecule has 2 unspecified atom stereocenters. The lowest BCUT2D eigenvalue weighted by Crippen LogP contribution is -2.32. The number of nitriles is 1. The number of nitrogens with one attached hydrogen (secondary N) is 1. The van der Waals surface area contributed by atoms with Crippen LogP contribution in [0, 0.1) is 23.1 Å². The Bertz CT molecular complexity index is 536. The molecule has 0 aromatic heterocycles. The molecule has 0 bridgehead atoms. The SMILES string of the molecule is CN1CC(C(=O)NCc2c(O)cccc2F)CC1C#N. The molecule has 20 heavy (non-hydrogen) atoms. The van der Waals surface area contributed by atoms with Gasteiger partial charge in [-0.05, 0) is 25.6 Å². The fraction of sp³-hybridized carbons (Fsp3) is 0.429. The molecular formula is C14H16FN3O2. The van der Waals surface area contributed by atoms with E-state index in [9.17, 15) is 14.3 Å². The molecule has 0 saturated carbocycles. The maximum Gasteiger partial charge on any atom is 0.224 e. The van der Waals surface area contributed by atoms with Crippen molar-refractivity contribution in [3.05, 3.63) is 29.6 Å². The number of halogens is 1. The Balaban J connectivity index is 1.95. The maximum absolute atomic E-state index is 13.5. The van der Waals surface area contributed by atoms with E-state index in [0.29, 0.717) is 13.0 Å². The third-order valence-electron chi connectivity index (χ3n) is 3.60. The molecule has 1 amide bonds. The first-order valence-corrected chi connectivity index (χ1v) is 6.37. The number of phenols is 1. The summed E-state index contributed by atoms with van der Waals surface area (Å²) in [7, 11) is 1.80. The first-order chi connectivity index (χ1) is 9.52. The van der Waals surface area contributed by atoms with E-state index in [1.54, 1.807) is 7.05 Å². The second-order valence-corrected chi connectivity index (χ2v) is 4.97. The average molecular weight is 277 g/mol. The Morgan fingerprint density at radius 3 is 3.00 bits per heavy atom. The van der Waals surface area contributed by atoms with Crippen molar-refractivity contribution in [3.8, 4) is 11.8 Å². The minimum absolute atomic E-state index is 0.0607. The lowest BCUT2D eigenvalue weighted by molar-refractivity contribution is -0.124. The molecule has 106 valence electrons. The molecule has 1 heterocycles. The first-order valence-electron chi connectivity index (χ1n) is 6.37. The van der Waals surface area contributed by atoms with E-state index in [1.807, 2.05) is 4.90 Å². The highest BCUT2D eigenvalue weighted by molar-refractivity contribution is 5.79. The highest BCUT2D eigenvalue weighted by atomic mass is 19.1. The largest absolute Gasteiger partial charge is 0.507 e. The molecule has 1 aliphatic heterocycles. The summed E-state index contributed by atoms with van der Waals surface area (Å²) in [6, 6.07) is 5.89. The van der Waals surface area contributed by atoms with Gasteiger partial charge in [-0.2, -0.15) is 5.26 Å². The monoisotopic (exact) mass is 277 g/mol. The van der Waals surface area contributed by atoms with Crippen LogP contribution in [0.4, 0.5) is 4.39 Å². The Labute approximate surface area is 116 Å². The molecule has 0 aliphatic carbocycles. The van der Waals surface area contributed by atoms with Crippen molar-refractivity contribution in [2.45, 2.75) is 19.0 Å². The van der Waals surface area contributed by atoms with E-state index >= 15 is 0 Å². The topological polar surface area (TPSA) is 76.4 Å². The second-order valence-electron chi connectivity index (χ2n) is 4.97. The van der Waals surface area contributed by atoms with E-state index in [1.165, 1.54) is 18.2 Å². The van der Waals surface area contributed by atoms with Crippen LogP contribution in [-0.2, 0) is 11.3 Å². The third-order valence-corrected chi connectivity index (χ3v) is 3.60. The summed E-state index contributed by atoms with van der Waals surface area (Å²) >= 11 is 0. The lowest BCUT2D eigenvalue weighted by Gasteiger charge is -2.12. The molecule has 0 radical (unpaired) electrons. The zero-order valence-corrected chi connectivity index (χ0v) is 11.1. The van der Waals surface area contributed by atoms with E-state index in [0.717, 1.165) is 0 Å². The van der Waals surface area contributed by atoms with Crippen molar-refractivity contribution in [1.29, 1.82) is 5.26 Å². The van der Waals surface area contributed by atoms with Gasteiger partial charge in [-0.15, -0.1) is 0 Å². The van der Waals surface area contributed by atoms with Crippen molar-refractivity contribution >= 4 is 5.91 Å². The van der Waals surface area contributed by atoms with Crippen LogP contribution >= 0.6 is 0 Å². The number of phenolic OH excluding ortho intramolecular Hbond substituents is 1. The van der Waals surface area contributed by atoms with Crippen molar-refractivity contribution in [2.24, 2.45) is 5.92 Å². The molecule has 2 rings (SSSR count). The predicted molar refractivity (Wildman–Crippen MR) is 70.0 cm³/mol.